The second-order valence-electron chi connectivity index (χ2n) is 5.74. The molecule has 0 spiro atoms. The van der Waals surface area contributed by atoms with E-state index in [1.807, 2.05) is 34.9 Å². The Morgan fingerprint density at radius 2 is 2.23 bits per heavy atom. The van der Waals surface area contributed by atoms with Gasteiger partial charge in [-0.15, -0.1) is 0 Å². The predicted molar refractivity (Wildman–Crippen MR) is 86.1 cm³/mol. The molecule has 0 radical (unpaired) electrons. The zero-order valence-electron chi connectivity index (χ0n) is 12.7. The Morgan fingerprint density at radius 3 is 3.00 bits per heavy atom. The summed E-state index contributed by atoms with van der Waals surface area (Å²) in [5.74, 6) is 0.609. The Morgan fingerprint density at radius 1 is 1.36 bits per heavy atom. The number of rotatable bonds is 5. The third-order valence-electron chi connectivity index (χ3n) is 4.14. The van der Waals surface area contributed by atoms with Gasteiger partial charge in [-0.3, -0.25) is 9.36 Å². The van der Waals surface area contributed by atoms with Crippen LogP contribution in [0.3, 0.4) is 0 Å². The molecule has 1 atom stereocenters. The highest BCUT2D eigenvalue weighted by Crippen LogP contribution is 2.14. The van der Waals surface area contributed by atoms with E-state index in [2.05, 4.69) is 15.6 Å². The largest absolute Gasteiger partial charge is 0.351 e. The van der Waals surface area contributed by atoms with E-state index in [-0.39, 0.29) is 5.91 Å². The minimum atomic E-state index is -0.0647. The van der Waals surface area contributed by atoms with Gasteiger partial charge in [-0.1, -0.05) is 18.2 Å². The van der Waals surface area contributed by atoms with Gasteiger partial charge in [0.2, 0.25) is 0 Å². The number of amides is 1. The lowest BCUT2D eigenvalue weighted by molar-refractivity contribution is 0.0944. The number of hydrogen-bond acceptors (Lipinski definition) is 3. The average molecular weight is 298 g/mol. The zero-order chi connectivity index (χ0) is 15.2. The lowest BCUT2D eigenvalue weighted by Crippen LogP contribution is -2.33. The van der Waals surface area contributed by atoms with Crippen molar-refractivity contribution < 1.29 is 4.79 Å². The maximum Gasteiger partial charge on any atom is 0.269 e. The molecule has 1 aromatic carbocycles. The van der Waals surface area contributed by atoms with Gasteiger partial charge < -0.3 is 10.6 Å². The number of aromatic nitrogens is 2. The molecule has 0 aliphatic carbocycles. The Hall–Kier alpha value is -2.14. The van der Waals surface area contributed by atoms with Crippen LogP contribution >= 0.6 is 0 Å². The molecule has 5 nitrogen and oxygen atoms in total. The molecule has 2 aromatic rings. The van der Waals surface area contributed by atoms with E-state index in [4.69, 9.17) is 0 Å². The van der Waals surface area contributed by atoms with Crippen molar-refractivity contribution >= 4 is 5.91 Å². The van der Waals surface area contributed by atoms with Crippen molar-refractivity contribution in [1.29, 1.82) is 0 Å². The average Bonchev–Trinajstić information content (AvgIpc) is 3.06. The van der Waals surface area contributed by atoms with Crippen LogP contribution < -0.4 is 10.6 Å². The summed E-state index contributed by atoms with van der Waals surface area (Å²) in [5, 5.41) is 6.42. The molecule has 22 heavy (non-hydrogen) atoms. The molecule has 0 saturated carbocycles. The lowest BCUT2D eigenvalue weighted by atomic mass is 9.96. The number of para-hydroxylation sites is 1. The van der Waals surface area contributed by atoms with E-state index in [1.165, 1.54) is 12.8 Å². The van der Waals surface area contributed by atoms with E-state index in [0.29, 0.717) is 18.2 Å². The Labute approximate surface area is 130 Å². The monoisotopic (exact) mass is 298 g/mol. The van der Waals surface area contributed by atoms with Crippen molar-refractivity contribution in [1.82, 2.24) is 20.2 Å². The van der Waals surface area contributed by atoms with Gasteiger partial charge in [0.25, 0.3) is 5.91 Å². The van der Waals surface area contributed by atoms with Crippen LogP contribution in [0.5, 0.6) is 0 Å². The molecule has 1 fully saturated rings. The van der Waals surface area contributed by atoms with Crippen LogP contribution in [-0.4, -0.2) is 35.1 Å². The van der Waals surface area contributed by atoms with Crippen LogP contribution in [0.1, 0.15) is 29.8 Å². The van der Waals surface area contributed by atoms with Crippen LogP contribution in [0, 0.1) is 5.92 Å². The molecule has 1 amide bonds. The summed E-state index contributed by atoms with van der Waals surface area (Å²) in [4.78, 5) is 16.5. The number of hydrogen-bond donors (Lipinski definition) is 2. The van der Waals surface area contributed by atoms with Crippen molar-refractivity contribution in [2.75, 3.05) is 19.6 Å². The van der Waals surface area contributed by atoms with Crippen molar-refractivity contribution in [2.24, 2.45) is 5.92 Å². The number of nitrogens with zero attached hydrogens (tertiary/aromatic N) is 2. The van der Waals surface area contributed by atoms with E-state index < -0.39 is 0 Å². The molecule has 2 heterocycles. The molecule has 2 N–H and O–H groups in total. The van der Waals surface area contributed by atoms with Gasteiger partial charge in [0.05, 0.1) is 12.5 Å². The molecule has 1 aliphatic heterocycles. The molecular weight excluding hydrogens is 276 g/mol. The standard InChI is InChI=1S/C17H22N4O/c22-17(20-10-8-14-5-4-9-18-11-14)16-12-19-13-21(16)15-6-2-1-3-7-15/h1-3,6-7,12-14,18H,4-5,8-11H2,(H,20,22). The molecule has 3 rings (SSSR count). The molecule has 116 valence electrons. The number of nitrogens with one attached hydrogen (secondary N) is 2. The van der Waals surface area contributed by atoms with E-state index in [9.17, 15) is 4.79 Å². The SMILES string of the molecule is O=C(NCCC1CCCNC1)c1cncn1-c1ccccc1. The normalized spacial score (nSPS) is 18.1. The molecule has 5 heteroatoms. The van der Waals surface area contributed by atoms with Gasteiger partial charge in [0, 0.05) is 12.2 Å². The minimum absolute atomic E-state index is 0.0647. The van der Waals surface area contributed by atoms with E-state index in [1.54, 1.807) is 12.5 Å². The van der Waals surface area contributed by atoms with Crippen molar-refractivity contribution in [3.8, 4) is 5.69 Å². The quantitative estimate of drug-likeness (QED) is 0.887. The summed E-state index contributed by atoms with van der Waals surface area (Å²) >= 11 is 0. The summed E-state index contributed by atoms with van der Waals surface area (Å²) in [7, 11) is 0. The summed E-state index contributed by atoms with van der Waals surface area (Å²) < 4.78 is 1.82. The lowest BCUT2D eigenvalue weighted by Gasteiger charge is -2.22. The number of benzene rings is 1. The molecular formula is C17H22N4O. The van der Waals surface area contributed by atoms with Crippen molar-refractivity contribution in [2.45, 2.75) is 19.3 Å². The molecule has 0 bridgehead atoms. The number of imidazole rings is 1. The Balaban J connectivity index is 1.58. The van der Waals surface area contributed by atoms with E-state index >= 15 is 0 Å². The third-order valence-corrected chi connectivity index (χ3v) is 4.14. The zero-order valence-corrected chi connectivity index (χ0v) is 12.7. The first-order valence-corrected chi connectivity index (χ1v) is 7.91. The first-order valence-electron chi connectivity index (χ1n) is 7.91. The fourth-order valence-corrected chi connectivity index (χ4v) is 2.91. The van der Waals surface area contributed by atoms with Crippen LogP contribution in [0.2, 0.25) is 0 Å². The van der Waals surface area contributed by atoms with Gasteiger partial charge in [-0.05, 0) is 50.4 Å². The fraction of sp³-hybridized carbons (Fsp3) is 0.412. The van der Waals surface area contributed by atoms with Crippen molar-refractivity contribution in [3.63, 3.8) is 0 Å². The van der Waals surface area contributed by atoms with Crippen molar-refractivity contribution in [3.05, 3.63) is 48.5 Å². The number of piperidine rings is 1. The molecule has 1 unspecified atom stereocenters. The van der Waals surface area contributed by atoms with Gasteiger partial charge >= 0.3 is 0 Å². The predicted octanol–water partition coefficient (Wildman–Crippen LogP) is 1.99. The maximum absolute atomic E-state index is 12.4. The topological polar surface area (TPSA) is 59.0 Å². The summed E-state index contributed by atoms with van der Waals surface area (Å²) in [5.41, 5.74) is 1.52. The van der Waals surface area contributed by atoms with Crippen LogP contribution in [-0.2, 0) is 0 Å². The second kappa shape index (κ2) is 7.22. The number of carbonyl (C=O) groups is 1. The summed E-state index contributed by atoms with van der Waals surface area (Å²) in [6.45, 7) is 2.90. The summed E-state index contributed by atoms with van der Waals surface area (Å²) in [6, 6.07) is 9.79. The van der Waals surface area contributed by atoms with Gasteiger partial charge in [0.1, 0.15) is 5.69 Å². The number of carbonyl (C=O) groups excluding carboxylic acids is 1. The van der Waals surface area contributed by atoms with E-state index in [0.717, 1.165) is 25.2 Å². The molecule has 1 saturated heterocycles. The highest BCUT2D eigenvalue weighted by Gasteiger charge is 2.15. The Kier molecular flexibility index (Phi) is 4.85. The van der Waals surface area contributed by atoms with Crippen LogP contribution in [0.15, 0.2) is 42.9 Å². The first-order chi connectivity index (χ1) is 10.8. The highest BCUT2D eigenvalue weighted by atomic mass is 16.1. The minimum Gasteiger partial charge on any atom is -0.351 e. The molecule has 1 aromatic heterocycles. The van der Waals surface area contributed by atoms with Gasteiger partial charge in [-0.25, -0.2) is 4.98 Å². The molecule has 1 aliphatic rings. The van der Waals surface area contributed by atoms with Crippen LogP contribution in [0.25, 0.3) is 5.69 Å². The third kappa shape index (κ3) is 3.54. The fourth-order valence-electron chi connectivity index (χ4n) is 2.91. The van der Waals surface area contributed by atoms with Gasteiger partial charge in [-0.2, -0.15) is 0 Å². The van der Waals surface area contributed by atoms with Gasteiger partial charge in [0.15, 0.2) is 0 Å². The second-order valence-corrected chi connectivity index (χ2v) is 5.74. The first kappa shape index (κ1) is 14.8. The smallest absolute Gasteiger partial charge is 0.269 e. The summed E-state index contributed by atoms with van der Waals surface area (Å²) in [6.07, 6.45) is 6.81. The maximum atomic E-state index is 12.4. The van der Waals surface area contributed by atoms with Crippen LogP contribution in [0.4, 0.5) is 0 Å². The Bertz CT molecular complexity index is 602. The highest BCUT2D eigenvalue weighted by molar-refractivity contribution is 5.92.